The minimum Gasteiger partial charge on any atom is -0.504 e. The summed E-state index contributed by atoms with van der Waals surface area (Å²) < 4.78 is 27.3. The number of benzene rings is 1. The lowest BCUT2D eigenvalue weighted by Gasteiger charge is -2.10. The molecule has 120 valence electrons. The highest BCUT2D eigenvalue weighted by Crippen LogP contribution is 2.29. The Balaban J connectivity index is 2.14. The SMILES string of the molecule is N#Cc1c(O)c(-c2ccsc2)nn(Cc2ccc(F)c(F)c2)c1=O. The first-order chi connectivity index (χ1) is 11.5. The summed E-state index contributed by atoms with van der Waals surface area (Å²) in [6.07, 6.45) is 0. The number of nitrogens with zero attached hydrogens (tertiary/aromatic N) is 3. The van der Waals surface area contributed by atoms with Crippen LogP contribution < -0.4 is 5.56 Å². The van der Waals surface area contributed by atoms with E-state index < -0.39 is 28.5 Å². The lowest BCUT2D eigenvalue weighted by Crippen LogP contribution is -2.26. The van der Waals surface area contributed by atoms with Gasteiger partial charge in [0.1, 0.15) is 11.8 Å². The Bertz CT molecular complexity index is 1010. The smallest absolute Gasteiger partial charge is 0.288 e. The van der Waals surface area contributed by atoms with Gasteiger partial charge in [0.15, 0.2) is 22.9 Å². The average Bonchev–Trinajstić information content (AvgIpc) is 3.08. The number of thiophene rings is 1. The Hall–Kier alpha value is -3.05. The number of hydrogen-bond acceptors (Lipinski definition) is 5. The molecule has 1 aromatic carbocycles. The standard InChI is InChI=1S/C16H9F2N3O2S/c17-12-2-1-9(5-13(12)18)7-21-16(23)11(6-19)15(22)14(20-21)10-3-4-24-8-10/h1-5,8,22H,7H2. The molecule has 8 heteroatoms. The molecule has 0 aliphatic carbocycles. The summed E-state index contributed by atoms with van der Waals surface area (Å²) in [6, 6.07) is 6.55. The average molecular weight is 345 g/mol. The van der Waals surface area contributed by atoms with Gasteiger partial charge in [0, 0.05) is 10.9 Å². The van der Waals surface area contributed by atoms with E-state index in [2.05, 4.69) is 5.10 Å². The minimum atomic E-state index is -1.04. The zero-order valence-corrected chi connectivity index (χ0v) is 12.8. The summed E-state index contributed by atoms with van der Waals surface area (Å²) in [4.78, 5) is 12.3. The molecule has 0 spiro atoms. The molecule has 24 heavy (non-hydrogen) atoms. The third-order valence-corrected chi connectivity index (χ3v) is 4.04. The molecule has 0 fully saturated rings. The quantitative estimate of drug-likeness (QED) is 0.792. The highest BCUT2D eigenvalue weighted by molar-refractivity contribution is 7.08. The van der Waals surface area contributed by atoms with Crippen molar-refractivity contribution in [2.75, 3.05) is 0 Å². The molecule has 5 nitrogen and oxygen atoms in total. The predicted octanol–water partition coefficient (Wildman–Crippen LogP) is 2.88. The van der Waals surface area contributed by atoms with Crippen molar-refractivity contribution in [3.05, 3.63) is 68.1 Å². The van der Waals surface area contributed by atoms with Gasteiger partial charge in [-0.05, 0) is 29.1 Å². The van der Waals surface area contributed by atoms with Crippen molar-refractivity contribution in [1.29, 1.82) is 5.26 Å². The summed E-state index contributed by atoms with van der Waals surface area (Å²) in [7, 11) is 0. The van der Waals surface area contributed by atoms with Gasteiger partial charge >= 0.3 is 0 Å². The Morgan fingerprint density at radius 1 is 1.29 bits per heavy atom. The number of hydrogen-bond donors (Lipinski definition) is 1. The predicted molar refractivity (Wildman–Crippen MR) is 83.6 cm³/mol. The number of rotatable bonds is 3. The Morgan fingerprint density at radius 3 is 2.71 bits per heavy atom. The van der Waals surface area contributed by atoms with Gasteiger partial charge in [0.25, 0.3) is 5.56 Å². The van der Waals surface area contributed by atoms with Crippen LogP contribution in [0.4, 0.5) is 8.78 Å². The van der Waals surface area contributed by atoms with Crippen LogP contribution in [0.15, 0.2) is 39.8 Å². The zero-order chi connectivity index (χ0) is 17.3. The molecule has 0 radical (unpaired) electrons. The maximum atomic E-state index is 13.3. The van der Waals surface area contributed by atoms with E-state index in [9.17, 15) is 18.7 Å². The van der Waals surface area contributed by atoms with E-state index in [0.717, 1.165) is 16.8 Å². The molecular weight excluding hydrogens is 336 g/mol. The first-order valence-electron chi connectivity index (χ1n) is 6.72. The van der Waals surface area contributed by atoms with Gasteiger partial charge in [-0.1, -0.05) is 6.07 Å². The minimum absolute atomic E-state index is 0.0787. The molecular formula is C16H9F2N3O2S. The second kappa shape index (κ2) is 6.22. The first kappa shape index (κ1) is 15.8. The van der Waals surface area contributed by atoms with Crippen LogP contribution in [0.5, 0.6) is 5.75 Å². The van der Waals surface area contributed by atoms with Crippen LogP contribution in [-0.2, 0) is 6.54 Å². The number of halogens is 2. The molecule has 0 saturated heterocycles. The van der Waals surface area contributed by atoms with Crippen LogP contribution >= 0.6 is 11.3 Å². The Kier molecular flexibility index (Phi) is 4.10. The van der Waals surface area contributed by atoms with Crippen molar-refractivity contribution in [2.24, 2.45) is 0 Å². The number of aromatic hydroxyl groups is 1. The van der Waals surface area contributed by atoms with Gasteiger partial charge in [-0.15, -0.1) is 0 Å². The lowest BCUT2D eigenvalue weighted by molar-refractivity contribution is 0.463. The van der Waals surface area contributed by atoms with E-state index >= 15 is 0 Å². The second-order valence-corrected chi connectivity index (χ2v) is 5.69. The molecule has 2 heterocycles. The Labute approximate surface area is 138 Å². The van der Waals surface area contributed by atoms with E-state index in [1.54, 1.807) is 22.9 Å². The second-order valence-electron chi connectivity index (χ2n) is 4.91. The van der Waals surface area contributed by atoms with E-state index in [0.29, 0.717) is 11.1 Å². The summed E-state index contributed by atoms with van der Waals surface area (Å²) >= 11 is 1.36. The molecule has 0 atom stereocenters. The van der Waals surface area contributed by atoms with Crippen LogP contribution in [-0.4, -0.2) is 14.9 Å². The molecule has 0 bridgehead atoms. The third-order valence-electron chi connectivity index (χ3n) is 3.35. The van der Waals surface area contributed by atoms with Gasteiger partial charge in [0.2, 0.25) is 0 Å². The largest absolute Gasteiger partial charge is 0.504 e. The summed E-state index contributed by atoms with van der Waals surface area (Å²) in [6.45, 7) is -0.165. The molecule has 0 amide bonds. The summed E-state index contributed by atoms with van der Waals surface area (Å²) in [5, 5.41) is 26.8. The van der Waals surface area contributed by atoms with Gasteiger partial charge in [-0.25, -0.2) is 13.5 Å². The van der Waals surface area contributed by atoms with Crippen LogP contribution in [0.25, 0.3) is 11.3 Å². The zero-order valence-electron chi connectivity index (χ0n) is 12.0. The van der Waals surface area contributed by atoms with Crippen molar-refractivity contribution in [3.63, 3.8) is 0 Å². The number of nitriles is 1. The maximum Gasteiger partial charge on any atom is 0.288 e. The summed E-state index contributed by atoms with van der Waals surface area (Å²) in [5.74, 6) is -2.54. The van der Waals surface area contributed by atoms with Crippen molar-refractivity contribution in [1.82, 2.24) is 9.78 Å². The van der Waals surface area contributed by atoms with E-state index in [-0.39, 0.29) is 12.2 Å². The van der Waals surface area contributed by atoms with Gasteiger partial charge in [0.05, 0.1) is 6.54 Å². The van der Waals surface area contributed by atoms with E-state index in [1.807, 2.05) is 0 Å². The third kappa shape index (κ3) is 2.77. The van der Waals surface area contributed by atoms with Gasteiger partial charge in [-0.3, -0.25) is 4.79 Å². The normalized spacial score (nSPS) is 10.5. The van der Waals surface area contributed by atoms with Crippen molar-refractivity contribution < 1.29 is 13.9 Å². The Morgan fingerprint density at radius 2 is 2.08 bits per heavy atom. The monoisotopic (exact) mass is 345 g/mol. The molecule has 3 rings (SSSR count). The van der Waals surface area contributed by atoms with Gasteiger partial charge in [-0.2, -0.15) is 21.7 Å². The highest BCUT2D eigenvalue weighted by Gasteiger charge is 2.18. The molecule has 0 aliphatic heterocycles. The number of aromatic nitrogens is 2. The van der Waals surface area contributed by atoms with E-state index in [1.165, 1.54) is 17.4 Å². The topological polar surface area (TPSA) is 78.9 Å². The molecule has 2 aromatic heterocycles. The molecule has 3 aromatic rings. The fraction of sp³-hybridized carbons (Fsp3) is 0.0625. The highest BCUT2D eigenvalue weighted by atomic mass is 32.1. The first-order valence-corrected chi connectivity index (χ1v) is 7.66. The van der Waals surface area contributed by atoms with Crippen LogP contribution in [0, 0.1) is 23.0 Å². The van der Waals surface area contributed by atoms with Crippen molar-refractivity contribution >= 4 is 11.3 Å². The van der Waals surface area contributed by atoms with Crippen molar-refractivity contribution in [3.8, 4) is 23.1 Å². The van der Waals surface area contributed by atoms with Crippen molar-refractivity contribution in [2.45, 2.75) is 6.54 Å². The van der Waals surface area contributed by atoms with Crippen LogP contribution in [0.1, 0.15) is 11.1 Å². The van der Waals surface area contributed by atoms with Crippen LogP contribution in [0.2, 0.25) is 0 Å². The molecule has 0 aliphatic rings. The fourth-order valence-electron chi connectivity index (χ4n) is 2.17. The molecule has 0 saturated carbocycles. The lowest BCUT2D eigenvalue weighted by atomic mass is 10.1. The molecule has 0 unspecified atom stereocenters. The van der Waals surface area contributed by atoms with Gasteiger partial charge < -0.3 is 5.11 Å². The fourth-order valence-corrected chi connectivity index (χ4v) is 2.82. The van der Waals surface area contributed by atoms with Crippen LogP contribution in [0.3, 0.4) is 0 Å². The van der Waals surface area contributed by atoms with E-state index in [4.69, 9.17) is 5.26 Å². The molecule has 1 N–H and O–H groups in total. The maximum absolute atomic E-state index is 13.3. The summed E-state index contributed by atoms with van der Waals surface area (Å²) in [5.41, 5.74) is -0.329.